The van der Waals surface area contributed by atoms with Crippen LogP contribution in [0.3, 0.4) is 0 Å². The summed E-state index contributed by atoms with van der Waals surface area (Å²) in [4.78, 5) is 13.6. The van der Waals surface area contributed by atoms with Gasteiger partial charge < -0.3 is 10.6 Å². The van der Waals surface area contributed by atoms with Crippen molar-refractivity contribution in [2.75, 3.05) is 18.4 Å². The third-order valence-corrected chi connectivity index (χ3v) is 5.80. The van der Waals surface area contributed by atoms with Gasteiger partial charge in [-0.1, -0.05) is 0 Å². The summed E-state index contributed by atoms with van der Waals surface area (Å²) in [5.41, 5.74) is 5.70. The first kappa shape index (κ1) is 17.3. The van der Waals surface area contributed by atoms with E-state index in [4.69, 9.17) is 0 Å². The molecule has 144 valence electrons. The van der Waals surface area contributed by atoms with Gasteiger partial charge in [-0.15, -0.1) is 5.10 Å². The van der Waals surface area contributed by atoms with Crippen molar-refractivity contribution in [3.8, 4) is 11.1 Å². The quantitative estimate of drug-likeness (QED) is 0.684. The lowest BCUT2D eigenvalue weighted by Gasteiger charge is -2.54. The lowest BCUT2D eigenvalue weighted by Crippen LogP contribution is -2.63. The Labute approximate surface area is 164 Å². The number of aromatic nitrogens is 4. The van der Waals surface area contributed by atoms with Crippen LogP contribution in [0.5, 0.6) is 0 Å². The van der Waals surface area contributed by atoms with Crippen molar-refractivity contribution in [3.63, 3.8) is 0 Å². The Morgan fingerprint density at radius 2 is 2.07 bits per heavy atom. The van der Waals surface area contributed by atoms with E-state index in [-0.39, 0.29) is 0 Å². The van der Waals surface area contributed by atoms with E-state index in [1.54, 1.807) is 0 Å². The van der Waals surface area contributed by atoms with Crippen LogP contribution in [0.4, 0.5) is 11.8 Å². The monoisotopic (exact) mass is 375 g/mol. The Morgan fingerprint density at radius 3 is 2.75 bits per heavy atom. The maximum absolute atomic E-state index is 4.65. The fraction of sp³-hybridized carbons (Fsp3) is 0.429. The van der Waals surface area contributed by atoms with E-state index in [2.05, 4.69) is 42.8 Å². The number of nitrogens with zero attached hydrogens (tertiary/aromatic N) is 5. The minimum Gasteiger partial charge on any atom is -0.350 e. The average molecular weight is 375 g/mol. The molecule has 1 saturated carbocycles. The smallest absolute Gasteiger partial charge is 0.241 e. The highest BCUT2D eigenvalue weighted by molar-refractivity contribution is 5.83. The molecule has 1 aliphatic carbocycles. The van der Waals surface area contributed by atoms with Gasteiger partial charge in [0.2, 0.25) is 5.95 Å². The Hall–Kier alpha value is -2.80. The van der Waals surface area contributed by atoms with Crippen LogP contribution in [0.1, 0.15) is 32.3 Å². The predicted molar refractivity (Wildman–Crippen MR) is 111 cm³/mol. The first-order valence-corrected chi connectivity index (χ1v) is 9.82. The molecule has 2 fully saturated rings. The van der Waals surface area contributed by atoms with Crippen LogP contribution >= 0.6 is 0 Å². The topological polar surface area (TPSA) is 79.5 Å². The third-order valence-electron chi connectivity index (χ3n) is 5.80. The summed E-state index contributed by atoms with van der Waals surface area (Å²) in [6, 6.07) is 4.67. The van der Waals surface area contributed by atoms with Crippen molar-refractivity contribution >= 4 is 23.0 Å². The molecule has 0 atom stereocenters. The molecule has 7 nitrogen and oxygen atoms in total. The van der Waals surface area contributed by atoms with Gasteiger partial charge in [-0.25, -0.2) is 19.5 Å². The second kappa shape index (κ2) is 6.38. The van der Waals surface area contributed by atoms with E-state index in [0.29, 0.717) is 17.4 Å². The first-order valence-electron chi connectivity index (χ1n) is 9.82. The highest BCUT2D eigenvalue weighted by Gasteiger charge is 2.48. The van der Waals surface area contributed by atoms with Crippen molar-refractivity contribution in [1.82, 2.24) is 24.9 Å². The van der Waals surface area contributed by atoms with Crippen LogP contribution in [-0.2, 0) is 0 Å². The van der Waals surface area contributed by atoms with Gasteiger partial charge in [-0.3, -0.25) is 0 Å². The van der Waals surface area contributed by atoms with Gasteiger partial charge in [0.05, 0.1) is 11.7 Å². The number of hydrogen-bond donors (Lipinski definition) is 2. The summed E-state index contributed by atoms with van der Waals surface area (Å²) < 4.78 is 1.89. The molecule has 1 spiro atoms. The summed E-state index contributed by atoms with van der Waals surface area (Å²) in [6.45, 7) is 8.30. The number of aliphatic imine (C=N–C) groups is 1. The minimum atomic E-state index is 0.483. The molecule has 4 heterocycles. The van der Waals surface area contributed by atoms with Crippen LogP contribution in [0, 0.1) is 12.3 Å². The molecule has 2 aliphatic rings. The van der Waals surface area contributed by atoms with Crippen molar-refractivity contribution < 1.29 is 0 Å². The number of aryl methyl sites for hydroxylation is 1. The van der Waals surface area contributed by atoms with E-state index in [0.717, 1.165) is 46.8 Å². The normalized spacial score (nSPS) is 18.0. The molecule has 3 aromatic rings. The van der Waals surface area contributed by atoms with Crippen LogP contribution in [0.15, 0.2) is 35.7 Å². The maximum atomic E-state index is 4.65. The van der Waals surface area contributed by atoms with Crippen molar-refractivity contribution in [1.29, 1.82) is 0 Å². The number of fused-ring (bicyclic) bond motifs is 1. The summed E-state index contributed by atoms with van der Waals surface area (Å²) in [5.74, 6) is 1.47. The molecule has 2 N–H and O–H groups in total. The molecule has 5 rings (SSSR count). The van der Waals surface area contributed by atoms with E-state index < -0.39 is 0 Å². The zero-order valence-electron chi connectivity index (χ0n) is 16.5. The maximum Gasteiger partial charge on any atom is 0.241 e. The van der Waals surface area contributed by atoms with Gasteiger partial charge in [0, 0.05) is 48.4 Å². The fourth-order valence-electron chi connectivity index (χ4n) is 4.29. The van der Waals surface area contributed by atoms with Crippen LogP contribution in [0.2, 0.25) is 0 Å². The fourth-order valence-corrected chi connectivity index (χ4v) is 4.29. The van der Waals surface area contributed by atoms with Gasteiger partial charge in [0.15, 0.2) is 5.82 Å². The van der Waals surface area contributed by atoms with Gasteiger partial charge in [-0.2, -0.15) is 0 Å². The molecule has 0 unspecified atom stereocenters. The zero-order chi connectivity index (χ0) is 19.3. The van der Waals surface area contributed by atoms with Gasteiger partial charge in [0.25, 0.3) is 0 Å². The highest BCUT2D eigenvalue weighted by atomic mass is 15.3. The number of pyridine rings is 1. The lowest BCUT2D eigenvalue weighted by molar-refractivity contribution is 0.0467. The van der Waals surface area contributed by atoms with E-state index in [1.807, 2.05) is 43.9 Å². The lowest BCUT2D eigenvalue weighted by atomic mass is 9.62. The number of anilines is 1. The average Bonchev–Trinajstić information content (AvgIpc) is 3.00. The summed E-state index contributed by atoms with van der Waals surface area (Å²) in [5, 5.41) is 11.5. The summed E-state index contributed by atoms with van der Waals surface area (Å²) in [7, 11) is 0. The number of rotatable bonds is 4. The molecule has 0 radical (unpaired) electrons. The molecule has 1 aliphatic heterocycles. The Balaban J connectivity index is 1.38. The molecule has 28 heavy (non-hydrogen) atoms. The third kappa shape index (κ3) is 2.96. The predicted octanol–water partition coefficient (Wildman–Crippen LogP) is 3.38. The zero-order valence-corrected chi connectivity index (χ0v) is 16.5. The summed E-state index contributed by atoms with van der Waals surface area (Å²) >= 11 is 0. The van der Waals surface area contributed by atoms with Gasteiger partial charge in [0.1, 0.15) is 0 Å². The largest absolute Gasteiger partial charge is 0.350 e. The molecule has 0 bridgehead atoms. The number of hydrogen-bond acceptors (Lipinski definition) is 6. The van der Waals surface area contributed by atoms with Crippen LogP contribution in [0.25, 0.3) is 16.6 Å². The molecular weight excluding hydrogens is 350 g/mol. The van der Waals surface area contributed by atoms with Gasteiger partial charge >= 0.3 is 0 Å². The second-order valence-corrected chi connectivity index (χ2v) is 8.42. The van der Waals surface area contributed by atoms with Crippen molar-refractivity contribution in [3.05, 3.63) is 36.3 Å². The molecular formula is C21H25N7. The Kier molecular flexibility index (Phi) is 3.94. The Morgan fingerprint density at radius 1 is 1.25 bits per heavy atom. The van der Waals surface area contributed by atoms with Crippen LogP contribution in [-0.4, -0.2) is 44.4 Å². The standard InChI is InChI=1S/C21H25N7/c1-13(2)25-19-14(3)6-15(9-23-19)17-4-5-28-18(17)10-24-20(27-28)26-16-7-21(8-16)11-22-12-21/h4-6,9-10,16,22H,7-8,11-12H2,1-3H3,(H,26,27). The van der Waals surface area contributed by atoms with E-state index in [9.17, 15) is 0 Å². The van der Waals surface area contributed by atoms with Crippen molar-refractivity contribution in [2.45, 2.75) is 39.7 Å². The Bertz CT molecular complexity index is 1070. The first-order chi connectivity index (χ1) is 13.5. The minimum absolute atomic E-state index is 0.483. The van der Waals surface area contributed by atoms with Crippen LogP contribution < -0.4 is 10.6 Å². The SMILES string of the molecule is CC(C)=Nc1ncc(-c2ccn3nc(NC4CC5(CNC5)C4)ncc23)cc1C. The highest BCUT2D eigenvalue weighted by Crippen LogP contribution is 2.45. The number of nitrogens with one attached hydrogen (secondary N) is 2. The second-order valence-electron chi connectivity index (χ2n) is 8.42. The molecule has 1 saturated heterocycles. The molecule has 3 aromatic heterocycles. The van der Waals surface area contributed by atoms with Gasteiger partial charge in [-0.05, 0) is 56.7 Å². The van der Waals surface area contributed by atoms with E-state index in [1.165, 1.54) is 12.8 Å². The van der Waals surface area contributed by atoms with Crippen molar-refractivity contribution in [2.24, 2.45) is 10.4 Å². The summed E-state index contributed by atoms with van der Waals surface area (Å²) in [6.07, 6.45) is 8.15. The molecule has 7 heteroatoms. The van der Waals surface area contributed by atoms with E-state index >= 15 is 0 Å². The molecule has 0 amide bonds. The molecule has 0 aromatic carbocycles.